The Morgan fingerprint density at radius 1 is 1.44 bits per heavy atom. The second-order valence-electron chi connectivity index (χ2n) is 5.23. The maximum Gasteiger partial charge on any atom is 0.150 e. The van der Waals surface area contributed by atoms with Crippen molar-refractivity contribution in [2.24, 2.45) is 7.05 Å². The lowest BCUT2D eigenvalue weighted by atomic mass is 10.0. The zero-order valence-electron chi connectivity index (χ0n) is 10.7. The molecule has 90 valence electrons. The van der Waals surface area contributed by atoms with Crippen LogP contribution in [0.4, 0.5) is 11.5 Å². The summed E-state index contributed by atoms with van der Waals surface area (Å²) in [6, 6.07) is 0. The zero-order chi connectivity index (χ0) is 11.9. The molecule has 1 fully saturated rings. The quantitative estimate of drug-likeness (QED) is 0.832. The van der Waals surface area contributed by atoms with Crippen LogP contribution in [-0.4, -0.2) is 21.9 Å². The summed E-state index contributed by atoms with van der Waals surface area (Å²) in [4.78, 5) is 2.40. The molecule has 0 bridgehead atoms. The van der Waals surface area contributed by atoms with Crippen molar-refractivity contribution >= 4 is 11.5 Å². The van der Waals surface area contributed by atoms with Crippen molar-refractivity contribution in [2.45, 2.75) is 45.6 Å². The molecule has 0 saturated carbocycles. The third-order valence-corrected chi connectivity index (χ3v) is 3.62. The molecule has 2 rings (SSSR count). The highest BCUT2D eigenvalue weighted by Gasteiger charge is 2.35. The van der Waals surface area contributed by atoms with Gasteiger partial charge in [0.25, 0.3) is 0 Å². The molecule has 1 saturated heterocycles. The van der Waals surface area contributed by atoms with Crippen molar-refractivity contribution in [1.29, 1.82) is 0 Å². The van der Waals surface area contributed by atoms with E-state index < -0.39 is 0 Å². The summed E-state index contributed by atoms with van der Waals surface area (Å²) >= 11 is 0. The minimum Gasteiger partial charge on any atom is -0.394 e. The van der Waals surface area contributed by atoms with Gasteiger partial charge in [-0.15, -0.1) is 0 Å². The summed E-state index contributed by atoms with van der Waals surface area (Å²) in [5.74, 6) is 1.10. The lowest BCUT2D eigenvalue weighted by Crippen LogP contribution is -2.39. The molecule has 2 N–H and O–H groups in total. The molecule has 0 aliphatic carbocycles. The number of aromatic nitrogens is 2. The fourth-order valence-corrected chi connectivity index (χ4v) is 2.67. The molecule has 1 aromatic rings. The maximum absolute atomic E-state index is 6.19. The van der Waals surface area contributed by atoms with E-state index >= 15 is 0 Å². The summed E-state index contributed by atoms with van der Waals surface area (Å²) < 4.78 is 1.93. The molecule has 0 spiro atoms. The maximum atomic E-state index is 6.19. The first-order chi connectivity index (χ1) is 7.47. The molecule has 0 amide bonds. The van der Waals surface area contributed by atoms with Crippen LogP contribution in [0.5, 0.6) is 0 Å². The Morgan fingerprint density at radius 3 is 2.56 bits per heavy atom. The molecule has 4 heteroatoms. The first-order valence-corrected chi connectivity index (χ1v) is 6.06. The Bertz CT molecular complexity index is 392. The molecule has 0 atom stereocenters. The first kappa shape index (κ1) is 11.3. The van der Waals surface area contributed by atoms with Crippen molar-refractivity contribution in [3.8, 4) is 0 Å². The zero-order valence-corrected chi connectivity index (χ0v) is 10.7. The molecule has 0 aromatic carbocycles. The van der Waals surface area contributed by atoms with Gasteiger partial charge >= 0.3 is 0 Å². The van der Waals surface area contributed by atoms with E-state index in [2.05, 4.69) is 30.8 Å². The first-order valence-electron chi connectivity index (χ1n) is 6.06. The number of rotatable bonds is 2. The number of hydrogen-bond donors (Lipinski definition) is 1. The van der Waals surface area contributed by atoms with Gasteiger partial charge in [-0.05, 0) is 33.1 Å². The summed E-state index contributed by atoms with van der Waals surface area (Å²) in [5.41, 5.74) is 8.27. The topological polar surface area (TPSA) is 47.1 Å². The lowest BCUT2D eigenvalue weighted by molar-refractivity contribution is 0.506. The van der Waals surface area contributed by atoms with Crippen LogP contribution in [0.25, 0.3) is 0 Å². The standard InChI is InChI=1S/C12H22N4/c1-5-9-10(13)11(15(4)14-9)16-8-6-7-12(16,2)3/h5-8,13H2,1-4H3. The van der Waals surface area contributed by atoms with Gasteiger partial charge < -0.3 is 10.6 Å². The predicted octanol–water partition coefficient (Wildman–Crippen LogP) is 1.94. The van der Waals surface area contributed by atoms with Gasteiger partial charge in [-0.2, -0.15) is 5.10 Å². The van der Waals surface area contributed by atoms with Crippen molar-refractivity contribution in [3.05, 3.63) is 5.69 Å². The molecule has 0 radical (unpaired) electrons. The number of nitrogens with zero attached hydrogens (tertiary/aromatic N) is 3. The molecule has 1 aliphatic heterocycles. The van der Waals surface area contributed by atoms with Gasteiger partial charge in [0.15, 0.2) is 5.82 Å². The smallest absolute Gasteiger partial charge is 0.150 e. The Kier molecular flexibility index (Phi) is 2.60. The Morgan fingerprint density at radius 2 is 2.12 bits per heavy atom. The number of anilines is 2. The number of nitrogen functional groups attached to an aromatic ring is 1. The minimum absolute atomic E-state index is 0.201. The average molecular weight is 222 g/mol. The normalized spacial score (nSPS) is 19.4. The van der Waals surface area contributed by atoms with Gasteiger partial charge in [-0.1, -0.05) is 6.92 Å². The fraction of sp³-hybridized carbons (Fsp3) is 0.750. The van der Waals surface area contributed by atoms with Crippen LogP contribution in [0.15, 0.2) is 0 Å². The SMILES string of the molecule is CCc1nn(C)c(N2CCCC2(C)C)c1N. The minimum atomic E-state index is 0.201. The van der Waals surface area contributed by atoms with E-state index in [9.17, 15) is 0 Å². The Balaban J connectivity index is 2.44. The molecule has 4 nitrogen and oxygen atoms in total. The van der Waals surface area contributed by atoms with Crippen LogP contribution in [0.1, 0.15) is 39.3 Å². The fourth-order valence-electron chi connectivity index (χ4n) is 2.67. The van der Waals surface area contributed by atoms with Gasteiger partial charge in [0.05, 0.1) is 11.4 Å². The lowest BCUT2D eigenvalue weighted by Gasteiger charge is -2.33. The predicted molar refractivity (Wildman–Crippen MR) is 67.7 cm³/mol. The van der Waals surface area contributed by atoms with E-state index in [0.717, 1.165) is 30.2 Å². The van der Waals surface area contributed by atoms with Gasteiger partial charge in [0, 0.05) is 19.1 Å². The summed E-state index contributed by atoms with van der Waals surface area (Å²) in [7, 11) is 1.99. The molecule has 1 aliphatic rings. The highest BCUT2D eigenvalue weighted by Crippen LogP contribution is 2.37. The van der Waals surface area contributed by atoms with Crippen LogP contribution in [-0.2, 0) is 13.5 Å². The molecule has 1 aromatic heterocycles. The van der Waals surface area contributed by atoms with E-state index in [0.29, 0.717) is 0 Å². The van der Waals surface area contributed by atoms with Crippen LogP contribution in [0.2, 0.25) is 0 Å². The van der Waals surface area contributed by atoms with Crippen LogP contribution < -0.4 is 10.6 Å². The third kappa shape index (κ3) is 1.56. The molecular formula is C12H22N4. The highest BCUT2D eigenvalue weighted by atomic mass is 15.4. The van der Waals surface area contributed by atoms with Gasteiger partial charge in [-0.25, -0.2) is 0 Å². The van der Waals surface area contributed by atoms with Crippen molar-refractivity contribution in [2.75, 3.05) is 17.2 Å². The molecule has 0 unspecified atom stereocenters. The second-order valence-corrected chi connectivity index (χ2v) is 5.23. The molecular weight excluding hydrogens is 200 g/mol. The monoisotopic (exact) mass is 222 g/mol. The molecule has 16 heavy (non-hydrogen) atoms. The number of aryl methyl sites for hydroxylation is 2. The summed E-state index contributed by atoms with van der Waals surface area (Å²) in [5, 5.41) is 4.49. The number of nitrogens with two attached hydrogens (primary N) is 1. The average Bonchev–Trinajstić information content (AvgIpc) is 2.67. The second kappa shape index (κ2) is 3.68. The van der Waals surface area contributed by atoms with E-state index in [4.69, 9.17) is 5.73 Å². The number of hydrogen-bond acceptors (Lipinski definition) is 3. The van der Waals surface area contributed by atoms with Crippen molar-refractivity contribution in [3.63, 3.8) is 0 Å². The van der Waals surface area contributed by atoms with Gasteiger partial charge in [-0.3, -0.25) is 4.68 Å². The van der Waals surface area contributed by atoms with Gasteiger partial charge in [0.2, 0.25) is 0 Å². The third-order valence-electron chi connectivity index (χ3n) is 3.62. The van der Waals surface area contributed by atoms with E-state index in [1.54, 1.807) is 0 Å². The van der Waals surface area contributed by atoms with Gasteiger partial charge in [0.1, 0.15) is 0 Å². The van der Waals surface area contributed by atoms with Crippen LogP contribution >= 0.6 is 0 Å². The summed E-state index contributed by atoms with van der Waals surface area (Å²) in [6.07, 6.45) is 3.35. The Labute approximate surface area is 97.4 Å². The van der Waals surface area contributed by atoms with E-state index in [1.807, 2.05) is 11.7 Å². The van der Waals surface area contributed by atoms with E-state index in [1.165, 1.54) is 12.8 Å². The van der Waals surface area contributed by atoms with Crippen molar-refractivity contribution in [1.82, 2.24) is 9.78 Å². The highest BCUT2D eigenvalue weighted by molar-refractivity contribution is 5.68. The summed E-state index contributed by atoms with van der Waals surface area (Å²) in [6.45, 7) is 7.73. The van der Waals surface area contributed by atoms with Crippen LogP contribution in [0.3, 0.4) is 0 Å². The largest absolute Gasteiger partial charge is 0.394 e. The van der Waals surface area contributed by atoms with E-state index in [-0.39, 0.29) is 5.54 Å². The van der Waals surface area contributed by atoms with Crippen molar-refractivity contribution < 1.29 is 0 Å². The van der Waals surface area contributed by atoms with Crippen LogP contribution in [0, 0.1) is 0 Å². The molecule has 2 heterocycles. The Hall–Kier alpha value is -1.19.